The summed E-state index contributed by atoms with van der Waals surface area (Å²) in [6, 6.07) is 5.38. The molecule has 0 saturated carbocycles. The second-order valence-corrected chi connectivity index (χ2v) is 11.6. The molecule has 2 aromatic rings. The van der Waals surface area contributed by atoms with Crippen LogP contribution in [0, 0.1) is 0 Å². The predicted octanol–water partition coefficient (Wildman–Crippen LogP) is 1.30. The summed E-state index contributed by atoms with van der Waals surface area (Å²) in [6.07, 6.45) is 0.699. The van der Waals surface area contributed by atoms with Crippen molar-refractivity contribution in [3.63, 3.8) is 0 Å². The monoisotopic (exact) mass is 619 g/mol. The van der Waals surface area contributed by atoms with Gasteiger partial charge >= 0.3 is 5.97 Å². The molecule has 3 atom stereocenters. The van der Waals surface area contributed by atoms with E-state index in [2.05, 4.69) is 36.9 Å². The number of nitrogens with one attached hydrogen (secondary N) is 1. The van der Waals surface area contributed by atoms with Crippen LogP contribution in [-0.2, 0) is 16.1 Å². The highest BCUT2D eigenvalue weighted by molar-refractivity contribution is 6.32. The van der Waals surface area contributed by atoms with Gasteiger partial charge in [0.05, 0.1) is 13.2 Å². The molecule has 0 aliphatic carbocycles. The van der Waals surface area contributed by atoms with Gasteiger partial charge in [-0.1, -0.05) is 24.6 Å². The number of carbonyl (C=O) groups is 2. The summed E-state index contributed by atoms with van der Waals surface area (Å²) in [5.74, 6) is -0.879. The number of halogens is 1. The maximum absolute atomic E-state index is 12.4. The Bertz CT molecular complexity index is 1290. The first-order valence-corrected chi connectivity index (χ1v) is 15.0. The molecule has 2 saturated heterocycles. The number of piperidine rings is 1. The van der Waals surface area contributed by atoms with E-state index < -0.39 is 24.1 Å². The number of benzene rings is 1. The fourth-order valence-electron chi connectivity index (χ4n) is 5.89. The number of aromatic nitrogens is 2. The maximum atomic E-state index is 12.4. The van der Waals surface area contributed by atoms with Crippen LogP contribution in [0.2, 0.25) is 5.15 Å². The van der Waals surface area contributed by atoms with Gasteiger partial charge in [0.15, 0.2) is 28.6 Å². The fourth-order valence-corrected chi connectivity index (χ4v) is 6.13. The van der Waals surface area contributed by atoms with E-state index in [9.17, 15) is 24.9 Å². The lowest BCUT2D eigenvalue weighted by Crippen LogP contribution is -2.58. The zero-order chi connectivity index (χ0) is 31.3. The number of ether oxygens (including phenoxy) is 1. The van der Waals surface area contributed by atoms with Crippen LogP contribution in [0.1, 0.15) is 60.8 Å². The number of methoxy groups -OCH3 is 1. The van der Waals surface area contributed by atoms with Crippen LogP contribution >= 0.6 is 11.6 Å². The zero-order valence-electron chi connectivity index (χ0n) is 24.9. The highest BCUT2D eigenvalue weighted by atomic mass is 35.5. The van der Waals surface area contributed by atoms with Crippen LogP contribution in [0.3, 0.4) is 0 Å². The second-order valence-electron chi connectivity index (χ2n) is 11.2. The van der Waals surface area contributed by atoms with Gasteiger partial charge in [0.25, 0.3) is 5.91 Å². The number of nitrogens with two attached hydrogens (primary N) is 1. The smallest absolute Gasteiger partial charge is 0.339 e. The SMILES string of the molecule is CCC1CN(c2nc(N)c(C(=O)NCC(C)O)nc2Cl)CCN1C1CCN(Cc2ccc(O)cc2C(O)C(=O)OC)CC1. The summed E-state index contributed by atoms with van der Waals surface area (Å²) in [4.78, 5) is 40.0. The summed E-state index contributed by atoms with van der Waals surface area (Å²) in [5.41, 5.74) is 7.16. The fraction of sp³-hybridized carbons (Fsp3) is 0.586. The summed E-state index contributed by atoms with van der Waals surface area (Å²) < 4.78 is 4.69. The van der Waals surface area contributed by atoms with Gasteiger partial charge in [0.2, 0.25) is 0 Å². The van der Waals surface area contributed by atoms with E-state index in [1.165, 1.54) is 13.2 Å². The lowest BCUT2D eigenvalue weighted by Gasteiger charge is -2.47. The quantitative estimate of drug-likeness (QED) is 0.241. The van der Waals surface area contributed by atoms with Crippen LogP contribution in [-0.4, -0.2) is 112 Å². The van der Waals surface area contributed by atoms with E-state index in [0.29, 0.717) is 37.1 Å². The number of piperazine rings is 1. The van der Waals surface area contributed by atoms with Gasteiger partial charge in [-0.2, -0.15) is 0 Å². The van der Waals surface area contributed by atoms with Gasteiger partial charge in [0.1, 0.15) is 5.75 Å². The molecular formula is C29H42ClN7O6. The van der Waals surface area contributed by atoms with Crippen molar-refractivity contribution >= 4 is 35.1 Å². The van der Waals surface area contributed by atoms with E-state index in [0.717, 1.165) is 44.5 Å². The van der Waals surface area contributed by atoms with Crippen molar-refractivity contribution in [2.24, 2.45) is 0 Å². The first kappa shape index (κ1) is 32.7. The van der Waals surface area contributed by atoms with Crippen molar-refractivity contribution in [3.8, 4) is 5.75 Å². The van der Waals surface area contributed by atoms with Gasteiger partial charge in [-0.3, -0.25) is 14.6 Å². The van der Waals surface area contributed by atoms with Crippen LogP contribution in [0.15, 0.2) is 18.2 Å². The van der Waals surface area contributed by atoms with Crippen LogP contribution < -0.4 is 16.0 Å². The number of hydrogen-bond donors (Lipinski definition) is 5. The third-order valence-electron chi connectivity index (χ3n) is 8.20. The third kappa shape index (κ3) is 7.84. The normalized spacial score (nSPS) is 20.0. The van der Waals surface area contributed by atoms with Gasteiger partial charge in [-0.05, 0) is 62.5 Å². The van der Waals surface area contributed by atoms with E-state index in [1.54, 1.807) is 19.1 Å². The van der Waals surface area contributed by atoms with Crippen molar-refractivity contribution in [2.75, 3.05) is 57.0 Å². The van der Waals surface area contributed by atoms with E-state index in [4.69, 9.17) is 22.1 Å². The zero-order valence-corrected chi connectivity index (χ0v) is 25.6. The molecule has 236 valence electrons. The molecule has 14 heteroatoms. The van der Waals surface area contributed by atoms with Crippen molar-refractivity contribution < 1.29 is 29.6 Å². The Morgan fingerprint density at radius 2 is 1.91 bits per heavy atom. The number of hydrogen-bond acceptors (Lipinski definition) is 12. The summed E-state index contributed by atoms with van der Waals surface area (Å²) in [7, 11) is 1.22. The molecule has 2 aliphatic rings. The highest BCUT2D eigenvalue weighted by Gasteiger charge is 2.35. The molecule has 3 heterocycles. The number of phenolic OH excluding ortho intramolecular Hbond substituents is 1. The first-order chi connectivity index (χ1) is 20.5. The number of anilines is 2. The lowest BCUT2D eigenvalue weighted by molar-refractivity contribution is -0.150. The molecule has 0 bridgehead atoms. The second kappa shape index (κ2) is 14.5. The molecule has 43 heavy (non-hydrogen) atoms. The summed E-state index contributed by atoms with van der Waals surface area (Å²) in [6.45, 7) is 8.22. The average Bonchev–Trinajstić information content (AvgIpc) is 3.00. The topological polar surface area (TPSA) is 178 Å². The Morgan fingerprint density at radius 1 is 1.19 bits per heavy atom. The highest BCUT2D eigenvalue weighted by Crippen LogP contribution is 2.31. The number of esters is 1. The van der Waals surface area contributed by atoms with Gasteiger partial charge in [-0.25, -0.2) is 14.8 Å². The van der Waals surface area contributed by atoms with Crippen LogP contribution in [0.4, 0.5) is 11.6 Å². The molecular weight excluding hydrogens is 578 g/mol. The largest absolute Gasteiger partial charge is 0.508 e. The van der Waals surface area contributed by atoms with Crippen molar-refractivity contribution in [3.05, 3.63) is 40.2 Å². The molecule has 0 radical (unpaired) electrons. The van der Waals surface area contributed by atoms with Crippen LogP contribution in [0.5, 0.6) is 5.75 Å². The number of rotatable bonds is 10. The third-order valence-corrected chi connectivity index (χ3v) is 8.46. The Kier molecular flexibility index (Phi) is 11.0. The summed E-state index contributed by atoms with van der Waals surface area (Å²) >= 11 is 6.49. The van der Waals surface area contributed by atoms with Crippen molar-refractivity contribution in [1.29, 1.82) is 0 Å². The van der Waals surface area contributed by atoms with Gasteiger partial charge in [-0.15, -0.1) is 0 Å². The standard InChI is InChI=1S/C29H42ClN7O6/c1-4-19-16-36(27-25(30)33-23(26(31)34-27)28(41)32-14-17(2)38)11-12-37(19)20-7-9-35(10-8-20)15-18-5-6-21(39)13-22(18)24(40)29(42)43-3/h5-6,13,17,19-20,24,38-40H,4,7-12,14-16H2,1-3H3,(H2,31,34)(H,32,41). The molecule has 6 N–H and O–H groups in total. The molecule has 2 fully saturated rings. The number of aromatic hydroxyl groups is 1. The molecule has 1 aromatic heterocycles. The minimum atomic E-state index is -1.46. The molecule has 13 nitrogen and oxygen atoms in total. The predicted molar refractivity (Wildman–Crippen MR) is 162 cm³/mol. The number of nitrogen functional groups attached to an aromatic ring is 1. The number of aliphatic hydroxyl groups excluding tert-OH is 2. The Morgan fingerprint density at radius 3 is 2.56 bits per heavy atom. The Balaban J connectivity index is 1.37. The van der Waals surface area contributed by atoms with E-state index in [1.807, 2.05) is 0 Å². The molecule has 1 aromatic carbocycles. The van der Waals surface area contributed by atoms with Crippen molar-refractivity contribution in [2.45, 2.75) is 63.9 Å². The minimum absolute atomic E-state index is 0.0127. The molecule has 2 aliphatic heterocycles. The lowest BCUT2D eigenvalue weighted by atomic mass is 9.96. The molecule has 4 rings (SSSR count). The number of aliphatic hydroxyl groups is 2. The molecule has 3 unspecified atom stereocenters. The Hall–Kier alpha value is -3.23. The first-order valence-electron chi connectivity index (χ1n) is 14.6. The maximum Gasteiger partial charge on any atom is 0.339 e. The number of nitrogens with zero attached hydrogens (tertiary/aromatic N) is 5. The molecule has 0 spiro atoms. The number of carbonyl (C=O) groups excluding carboxylic acids is 2. The number of phenols is 1. The van der Waals surface area contributed by atoms with Crippen LogP contribution in [0.25, 0.3) is 0 Å². The van der Waals surface area contributed by atoms with E-state index >= 15 is 0 Å². The number of likely N-dealkylation sites (tertiary alicyclic amines) is 1. The van der Waals surface area contributed by atoms with Crippen molar-refractivity contribution in [1.82, 2.24) is 25.1 Å². The number of amides is 1. The minimum Gasteiger partial charge on any atom is -0.508 e. The Labute approximate surface area is 256 Å². The summed E-state index contributed by atoms with van der Waals surface area (Å²) in [5, 5.41) is 32.5. The van der Waals surface area contributed by atoms with Gasteiger partial charge < -0.3 is 36.0 Å². The van der Waals surface area contributed by atoms with Gasteiger partial charge in [0, 0.05) is 44.8 Å². The average molecular weight is 620 g/mol. The van der Waals surface area contributed by atoms with E-state index in [-0.39, 0.29) is 35.0 Å². The molecule has 1 amide bonds.